The maximum Gasteiger partial charge on any atom is 0.314 e. The van der Waals surface area contributed by atoms with Crippen molar-refractivity contribution in [2.45, 2.75) is 122 Å². The average Bonchev–Trinajstić information content (AvgIpc) is 3.86. The summed E-state index contributed by atoms with van der Waals surface area (Å²) < 4.78 is 11.0. The van der Waals surface area contributed by atoms with Gasteiger partial charge in [0, 0.05) is 79.3 Å². The number of ether oxygens (including phenoxy) is 2. The maximum atomic E-state index is 12.5. The third-order valence-corrected chi connectivity index (χ3v) is 13.5. The van der Waals surface area contributed by atoms with Crippen molar-refractivity contribution in [3.63, 3.8) is 0 Å². The van der Waals surface area contributed by atoms with Crippen LogP contribution in [-0.4, -0.2) is 114 Å². The highest BCUT2D eigenvalue weighted by atomic mass is 16.6. The van der Waals surface area contributed by atoms with Crippen LogP contribution in [0.4, 0.5) is 5.69 Å². The van der Waals surface area contributed by atoms with Crippen LogP contribution in [0, 0.1) is 18.3 Å². The summed E-state index contributed by atoms with van der Waals surface area (Å²) in [6.07, 6.45) is 7.11. The summed E-state index contributed by atoms with van der Waals surface area (Å²) in [6, 6.07) is 15.1. The fourth-order valence-electron chi connectivity index (χ4n) is 11.6. The predicted molar refractivity (Wildman–Crippen MR) is 223 cm³/mol. The lowest BCUT2D eigenvalue weighted by molar-refractivity contribution is -0.184. The Morgan fingerprint density at radius 1 is 1.02 bits per heavy atom. The van der Waals surface area contributed by atoms with E-state index in [1.807, 2.05) is 39.8 Å². The molecule has 3 aromatic rings. The molecule has 9 rings (SSSR count). The summed E-state index contributed by atoms with van der Waals surface area (Å²) in [7, 11) is 3.55. The second-order valence-electron chi connectivity index (χ2n) is 16.3. The van der Waals surface area contributed by atoms with Gasteiger partial charge in [-0.15, -0.1) is 0 Å². The molecule has 2 aromatic carbocycles. The van der Waals surface area contributed by atoms with E-state index in [0.717, 1.165) is 76.0 Å². The van der Waals surface area contributed by atoms with Crippen LogP contribution in [0.25, 0.3) is 10.9 Å². The van der Waals surface area contributed by atoms with Crippen molar-refractivity contribution in [1.29, 1.82) is 0 Å². The van der Waals surface area contributed by atoms with Gasteiger partial charge in [0.1, 0.15) is 12.2 Å². The number of H-pyrrole nitrogens is 1. The average molecular weight is 771 g/mol. The van der Waals surface area contributed by atoms with E-state index in [9.17, 15) is 19.8 Å². The summed E-state index contributed by atoms with van der Waals surface area (Å²) in [4.78, 5) is 35.2. The number of likely N-dealkylation sites (N-methyl/N-ethyl adjacent to an activating group) is 1. The van der Waals surface area contributed by atoms with E-state index in [-0.39, 0.29) is 46.9 Å². The molecular weight excluding hydrogens is 705 g/mol. The minimum absolute atomic E-state index is 0.0881. The van der Waals surface area contributed by atoms with Crippen molar-refractivity contribution < 1.29 is 29.3 Å². The number of aliphatic hydroxyl groups excluding tert-OH is 2. The summed E-state index contributed by atoms with van der Waals surface area (Å²) in [6.45, 7) is 18.3. The lowest BCUT2D eigenvalue weighted by atomic mass is 9.51. The summed E-state index contributed by atoms with van der Waals surface area (Å²) in [5.41, 5.74) is 6.59. The van der Waals surface area contributed by atoms with Crippen LogP contribution in [0.15, 0.2) is 54.6 Å². The number of nitrogens with one attached hydrogen (secondary N) is 1. The van der Waals surface area contributed by atoms with Gasteiger partial charge in [-0.25, -0.2) is 0 Å². The summed E-state index contributed by atoms with van der Waals surface area (Å²) in [5, 5.41) is 23.1. The van der Waals surface area contributed by atoms with Gasteiger partial charge < -0.3 is 34.5 Å². The fourth-order valence-corrected chi connectivity index (χ4v) is 11.6. The Balaban J connectivity index is 0.000000176. The van der Waals surface area contributed by atoms with Crippen molar-refractivity contribution in [2.75, 3.05) is 51.8 Å². The van der Waals surface area contributed by atoms with Crippen molar-refractivity contribution >= 4 is 28.5 Å². The molecular formula is C46H66N4O6. The Morgan fingerprint density at radius 3 is 2.48 bits per heavy atom. The minimum Gasteiger partial charge on any atom is -0.469 e. The van der Waals surface area contributed by atoms with Crippen molar-refractivity contribution in [3.05, 3.63) is 77.0 Å². The molecule has 2 bridgehead atoms. The molecule has 10 nitrogen and oxygen atoms in total. The minimum atomic E-state index is -0.736. The molecule has 1 aromatic heterocycles. The summed E-state index contributed by atoms with van der Waals surface area (Å²) >= 11 is 0. The van der Waals surface area contributed by atoms with E-state index in [0.29, 0.717) is 5.92 Å². The molecule has 2 saturated heterocycles. The monoisotopic (exact) mass is 770 g/mol. The molecule has 56 heavy (non-hydrogen) atoms. The maximum absolute atomic E-state index is 12.5. The molecule has 1 aliphatic carbocycles. The number of aromatic amines is 1. The van der Waals surface area contributed by atoms with E-state index in [4.69, 9.17) is 9.47 Å². The summed E-state index contributed by atoms with van der Waals surface area (Å²) in [5.74, 6) is -0.471. The van der Waals surface area contributed by atoms with Gasteiger partial charge in [-0.2, -0.15) is 0 Å². The Kier molecular flexibility index (Phi) is 12.7. The van der Waals surface area contributed by atoms with Gasteiger partial charge in [0.15, 0.2) is 0 Å². The molecule has 0 radical (unpaired) electrons. The fraction of sp³-hybridized carbons (Fsp3) is 0.609. The van der Waals surface area contributed by atoms with Gasteiger partial charge in [-0.1, -0.05) is 77.1 Å². The number of aliphatic hydroxyl groups is 2. The number of para-hydroxylation sites is 1. The van der Waals surface area contributed by atoms with E-state index in [1.165, 1.54) is 41.8 Å². The Bertz CT molecular complexity index is 1890. The number of aromatic nitrogens is 1. The number of carbonyl (C=O) groups is 2. The van der Waals surface area contributed by atoms with E-state index < -0.39 is 12.2 Å². The second-order valence-corrected chi connectivity index (χ2v) is 16.3. The molecule has 10 atom stereocenters. The van der Waals surface area contributed by atoms with Crippen molar-refractivity contribution in [3.8, 4) is 0 Å². The van der Waals surface area contributed by atoms with E-state index in [2.05, 4.69) is 83.1 Å². The largest absolute Gasteiger partial charge is 0.469 e. The first-order chi connectivity index (χ1) is 27.0. The molecule has 3 N–H and O–H groups in total. The SMILES string of the molecule is CC.CC.CC[C@]12C=CCN3CCC4(c5ccc(C)cc5N(C)C4C(O)C1OC(C)=O)C32.COC(=O)C1CC2CC(O)CN(CCc3c1[nH]c1ccccc31)C2. The van der Waals surface area contributed by atoms with Crippen LogP contribution in [0.1, 0.15) is 95.5 Å². The Hall–Kier alpha value is -3.70. The zero-order chi connectivity index (χ0) is 40.5. The number of methoxy groups -OCH3 is 1. The number of fused-ring (bicyclic) bond motifs is 6. The standard InChI is InChI=1S/C23H30N2O3.C19H24N2O3.2C2H6/c1-5-22-9-6-11-25-12-10-23(21(22)25)16-8-7-14(2)13-17(16)24(4)19(23)18(27)20(22)28-15(3)26;1-24-19(23)16-9-12-8-13(22)11-21(10-12)7-6-15-14-4-2-3-5-17(14)20-18(15)16;2*1-2/h6-9,13,18-21,27H,5,10-12H2,1-4H3;2-5,12-13,16,20,22H,6-11H2,1H3;2*1-2H3/t18?,19?,20?,21?,22-,23?;;;/m0.../s1. The number of aryl methyl sites for hydroxylation is 1. The highest BCUT2D eigenvalue weighted by molar-refractivity contribution is 5.88. The molecule has 10 heteroatoms. The first kappa shape index (κ1) is 41.9. The lowest BCUT2D eigenvalue weighted by Gasteiger charge is -2.60. The van der Waals surface area contributed by atoms with Gasteiger partial charge in [0.05, 0.1) is 25.2 Å². The first-order valence-electron chi connectivity index (χ1n) is 21.2. The number of hydrogen-bond acceptors (Lipinski definition) is 9. The van der Waals surface area contributed by atoms with Crippen LogP contribution < -0.4 is 4.90 Å². The lowest BCUT2D eigenvalue weighted by Crippen LogP contribution is -2.74. The number of carbonyl (C=O) groups excluding carboxylic acids is 2. The topological polar surface area (TPSA) is 119 Å². The predicted octanol–water partition coefficient (Wildman–Crippen LogP) is 6.50. The number of piperidine rings is 1. The third-order valence-electron chi connectivity index (χ3n) is 13.5. The Morgan fingerprint density at radius 2 is 1.77 bits per heavy atom. The van der Waals surface area contributed by atoms with Gasteiger partial charge in [-0.3, -0.25) is 14.5 Å². The molecule has 6 aliphatic rings. The zero-order valence-corrected chi connectivity index (χ0v) is 35.2. The molecule has 3 fully saturated rings. The van der Waals surface area contributed by atoms with Crippen LogP contribution in [0.2, 0.25) is 0 Å². The van der Waals surface area contributed by atoms with Crippen molar-refractivity contribution in [1.82, 2.24) is 14.8 Å². The van der Waals surface area contributed by atoms with Gasteiger partial charge in [0.2, 0.25) is 0 Å². The van der Waals surface area contributed by atoms with Crippen LogP contribution in [0.5, 0.6) is 0 Å². The number of anilines is 1. The number of hydrogen-bond donors (Lipinski definition) is 3. The van der Waals surface area contributed by atoms with Gasteiger partial charge in [-0.05, 0) is 80.3 Å². The van der Waals surface area contributed by atoms with Gasteiger partial charge in [0.25, 0.3) is 0 Å². The van der Waals surface area contributed by atoms with Crippen LogP contribution in [-0.2, 0) is 30.9 Å². The third kappa shape index (κ3) is 6.88. The molecule has 1 saturated carbocycles. The van der Waals surface area contributed by atoms with Crippen LogP contribution in [0.3, 0.4) is 0 Å². The molecule has 0 amide bonds. The van der Waals surface area contributed by atoms with Crippen LogP contribution >= 0.6 is 0 Å². The second kappa shape index (κ2) is 17.0. The number of benzene rings is 2. The molecule has 306 valence electrons. The molecule has 6 heterocycles. The van der Waals surface area contributed by atoms with Gasteiger partial charge >= 0.3 is 11.9 Å². The molecule has 1 spiro atoms. The van der Waals surface area contributed by atoms with E-state index in [1.54, 1.807) is 0 Å². The van der Waals surface area contributed by atoms with E-state index >= 15 is 0 Å². The molecule has 9 unspecified atom stereocenters. The van der Waals surface area contributed by atoms with Crippen molar-refractivity contribution in [2.24, 2.45) is 11.3 Å². The number of nitrogens with zero attached hydrogens (tertiary/aromatic N) is 3. The quantitative estimate of drug-likeness (QED) is 0.203. The smallest absolute Gasteiger partial charge is 0.314 e. The highest BCUT2D eigenvalue weighted by Gasteiger charge is 2.73. The highest BCUT2D eigenvalue weighted by Crippen LogP contribution is 2.64. The zero-order valence-electron chi connectivity index (χ0n) is 35.2. The Labute approximate surface area is 334 Å². The number of rotatable bonds is 3. The number of esters is 2. The first-order valence-corrected chi connectivity index (χ1v) is 21.2. The normalized spacial score (nSPS) is 33.5. The molecule has 5 aliphatic heterocycles.